The van der Waals surface area contributed by atoms with E-state index in [-0.39, 0.29) is 18.0 Å². The minimum absolute atomic E-state index is 0.217. The molecule has 0 fully saturated rings. The van der Waals surface area contributed by atoms with Crippen molar-refractivity contribution in [2.75, 3.05) is 0 Å². The molecule has 104 valence electrons. The molecule has 2 N–H and O–H groups in total. The third kappa shape index (κ3) is 2.55. The molecule has 5 heteroatoms. The monoisotopic (exact) mass is 355 g/mol. The maximum absolute atomic E-state index is 14.0. The number of benzene rings is 2. The van der Waals surface area contributed by atoms with E-state index in [9.17, 15) is 4.39 Å². The van der Waals surface area contributed by atoms with Crippen LogP contribution in [-0.2, 0) is 0 Å². The Bertz CT molecular complexity index is 664. The normalized spacial score (nSPS) is 21.2. The maximum atomic E-state index is 14.0. The molecule has 2 atom stereocenters. The number of halogens is 3. The molecule has 0 aliphatic carbocycles. The summed E-state index contributed by atoms with van der Waals surface area (Å²) in [5.74, 6) is 0.370. The standard InChI is InChI=1S/C15H12BrClFNO/c16-8-1-3-10(12(18)5-8)15-7-13(19)11-6-9(17)2-4-14(11)20-15/h1-6,13,15H,7,19H2. The van der Waals surface area contributed by atoms with Gasteiger partial charge in [0.2, 0.25) is 0 Å². The van der Waals surface area contributed by atoms with Crippen molar-refractivity contribution in [3.05, 3.63) is 62.8 Å². The van der Waals surface area contributed by atoms with Gasteiger partial charge in [-0.05, 0) is 30.3 Å². The molecule has 2 aromatic carbocycles. The van der Waals surface area contributed by atoms with Crippen molar-refractivity contribution in [1.82, 2.24) is 0 Å². The van der Waals surface area contributed by atoms with Crippen molar-refractivity contribution in [1.29, 1.82) is 0 Å². The second-order valence-electron chi connectivity index (χ2n) is 4.80. The van der Waals surface area contributed by atoms with Crippen LogP contribution in [0.4, 0.5) is 4.39 Å². The lowest BCUT2D eigenvalue weighted by Crippen LogP contribution is -2.24. The number of hydrogen-bond donors (Lipinski definition) is 1. The molecular formula is C15H12BrClFNO. The van der Waals surface area contributed by atoms with E-state index >= 15 is 0 Å². The van der Waals surface area contributed by atoms with Gasteiger partial charge in [-0.25, -0.2) is 4.39 Å². The number of nitrogens with two attached hydrogens (primary N) is 1. The van der Waals surface area contributed by atoms with E-state index in [1.807, 2.05) is 0 Å². The first-order valence-electron chi connectivity index (χ1n) is 6.21. The summed E-state index contributed by atoms with van der Waals surface area (Å²) in [4.78, 5) is 0. The molecule has 1 aliphatic rings. The average molecular weight is 357 g/mol. The van der Waals surface area contributed by atoms with E-state index in [4.69, 9.17) is 22.1 Å². The Morgan fingerprint density at radius 2 is 2.00 bits per heavy atom. The Morgan fingerprint density at radius 1 is 1.20 bits per heavy atom. The molecule has 0 aromatic heterocycles. The van der Waals surface area contributed by atoms with Crippen LogP contribution in [0.3, 0.4) is 0 Å². The van der Waals surface area contributed by atoms with Gasteiger partial charge >= 0.3 is 0 Å². The predicted octanol–water partition coefficient (Wildman–Crippen LogP) is 4.77. The summed E-state index contributed by atoms with van der Waals surface area (Å²) in [5.41, 5.74) is 7.54. The Hall–Kier alpha value is -1.10. The summed E-state index contributed by atoms with van der Waals surface area (Å²) >= 11 is 9.21. The molecule has 0 bridgehead atoms. The number of ether oxygens (including phenoxy) is 1. The van der Waals surface area contributed by atoms with Crippen LogP contribution in [0.5, 0.6) is 5.75 Å². The molecule has 2 aromatic rings. The van der Waals surface area contributed by atoms with Crippen LogP contribution < -0.4 is 10.5 Å². The topological polar surface area (TPSA) is 35.2 Å². The van der Waals surface area contributed by atoms with Gasteiger partial charge in [-0.15, -0.1) is 0 Å². The fourth-order valence-corrected chi connectivity index (χ4v) is 2.94. The number of rotatable bonds is 1. The van der Waals surface area contributed by atoms with E-state index < -0.39 is 0 Å². The molecule has 0 saturated carbocycles. The third-order valence-corrected chi connectivity index (χ3v) is 4.15. The second-order valence-corrected chi connectivity index (χ2v) is 6.15. The van der Waals surface area contributed by atoms with Crippen molar-refractivity contribution in [2.24, 2.45) is 5.73 Å². The zero-order chi connectivity index (χ0) is 14.3. The van der Waals surface area contributed by atoms with Crippen LogP contribution in [0.15, 0.2) is 40.9 Å². The first-order chi connectivity index (χ1) is 9.54. The van der Waals surface area contributed by atoms with Crippen LogP contribution >= 0.6 is 27.5 Å². The highest BCUT2D eigenvalue weighted by molar-refractivity contribution is 9.10. The minimum Gasteiger partial charge on any atom is -0.485 e. The lowest BCUT2D eigenvalue weighted by molar-refractivity contribution is 0.157. The maximum Gasteiger partial charge on any atom is 0.131 e. The van der Waals surface area contributed by atoms with Gasteiger partial charge in [0.25, 0.3) is 0 Å². The van der Waals surface area contributed by atoms with Gasteiger partial charge in [0.1, 0.15) is 17.7 Å². The summed E-state index contributed by atoms with van der Waals surface area (Å²) in [6, 6.07) is 10.1. The molecule has 0 radical (unpaired) electrons. The van der Waals surface area contributed by atoms with Gasteiger partial charge in [-0.2, -0.15) is 0 Å². The summed E-state index contributed by atoms with van der Waals surface area (Å²) in [7, 11) is 0. The average Bonchev–Trinajstić information content (AvgIpc) is 2.39. The molecule has 1 aliphatic heterocycles. The lowest BCUT2D eigenvalue weighted by atomic mass is 9.93. The number of fused-ring (bicyclic) bond motifs is 1. The third-order valence-electron chi connectivity index (χ3n) is 3.42. The summed E-state index contributed by atoms with van der Waals surface area (Å²) in [6.07, 6.45) is 0.137. The largest absolute Gasteiger partial charge is 0.485 e. The van der Waals surface area contributed by atoms with Crippen molar-refractivity contribution in [3.8, 4) is 5.75 Å². The van der Waals surface area contributed by atoms with Crippen molar-refractivity contribution >= 4 is 27.5 Å². The first-order valence-corrected chi connectivity index (χ1v) is 7.38. The van der Waals surface area contributed by atoms with Crippen molar-refractivity contribution < 1.29 is 9.13 Å². The van der Waals surface area contributed by atoms with Gasteiger partial charge in [-0.3, -0.25) is 0 Å². The van der Waals surface area contributed by atoms with Crippen molar-refractivity contribution in [2.45, 2.75) is 18.6 Å². The van der Waals surface area contributed by atoms with Gasteiger partial charge in [0, 0.05) is 33.1 Å². The molecule has 0 spiro atoms. The van der Waals surface area contributed by atoms with Crippen LogP contribution in [0.1, 0.15) is 29.7 Å². The van der Waals surface area contributed by atoms with Crippen LogP contribution in [-0.4, -0.2) is 0 Å². The SMILES string of the molecule is NC1CC(c2ccc(Br)cc2F)Oc2ccc(Cl)cc21. The second kappa shape index (κ2) is 5.35. The lowest BCUT2D eigenvalue weighted by Gasteiger charge is -2.30. The first kappa shape index (κ1) is 13.9. The fourth-order valence-electron chi connectivity index (χ4n) is 2.43. The zero-order valence-corrected chi connectivity index (χ0v) is 12.8. The minimum atomic E-state index is -0.383. The predicted molar refractivity (Wildman–Crippen MR) is 80.5 cm³/mol. The Balaban J connectivity index is 1.97. The molecule has 1 heterocycles. The van der Waals surface area contributed by atoms with Gasteiger partial charge in [0.15, 0.2) is 0 Å². The van der Waals surface area contributed by atoms with Gasteiger partial charge in [-0.1, -0.05) is 33.6 Å². The molecule has 0 amide bonds. The van der Waals surface area contributed by atoms with Crippen LogP contribution in [0, 0.1) is 5.82 Å². The smallest absolute Gasteiger partial charge is 0.131 e. The quantitative estimate of drug-likeness (QED) is 0.799. The number of hydrogen-bond acceptors (Lipinski definition) is 2. The van der Waals surface area contributed by atoms with Crippen molar-refractivity contribution in [3.63, 3.8) is 0 Å². The summed E-state index contributed by atoms with van der Waals surface area (Å²) in [6.45, 7) is 0. The van der Waals surface area contributed by atoms with E-state index in [0.29, 0.717) is 27.2 Å². The van der Waals surface area contributed by atoms with E-state index in [1.165, 1.54) is 6.07 Å². The molecule has 20 heavy (non-hydrogen) atoms. The highest BCUT2D eigenvalue weighted by Crippen LogP contribution is 2.41. The Kier molecular flexibility index (Phi) is 3.71. The summed E-state index contributed by atoms with van der Waals surface area (Å²) in [5, 5.41) is 0.621. The molecule has 2 nitrogen and oxygen atoms in total. The highest BCUT2D eigenvalue weighted by Gasteiger charge is 2.29. The Morgan fingerprint density at radius 3 is 2.75 bits per heavy atom. The molecule has 2 unspecified atom stereocenters. The summed E-state index contributed by atoms with van der Waals surface area (Å²) < 4.78 is 20.6. The molecular weight excluding hydrogens is 345 g/mol. The van der Waals surface area contributed by atoms with E-state index in [2.05, 4.69) is 15.9 Å². The highest BCUT2D eigenvalue weighted by atomic mass is 79.9. The van der Waals surface area contributed by atoms with Crippen LogP contribution in [0.25, 0.3) is 0 Å². The van der Waals surface area contributed by atoms with Gasteiger partial charge in [0.05, 0.1) is 0 Å². The fraction of sp³-hybridized carbons (Fsp3) is 0.200. The van der Waals surface area contributed by atoms with E-state index in [0.717, 1.165) is 5.56 Å². The van der Waals surface area contributed by atoms with Crippen LogP contribution in [0.2, 0.25) is 5.02 Å². The Labute approximate surface area is 129 Å². The molecule has 0 saturated heterocycles. The van der Waals surface area contributed by atoms with Gasteiger partial charge < -0.3 is 10.5 Å². The zero-order valence-electron chi connectivity index (χ0n) is 10.4. The van der Waals surface area contributed by atoms with E-state index in [1.54, 1.807) is 30.3 Å². The molecule has 3 rings (SSSR count).